The van der Waals surface area contributed by atoms with Crippen LogP contribution in [0.15, 0.2) is 18.2 Å². The maximum absolute atomic E-state index is 12.2. The highest BCUT2D eigenvalue weighted by atomic mass is 16.1. The number of benzene rings is 1. The van der Waals surface area contributed by atoms with Gasteiger partial charge in [0.1, 0.15) is 0 Å². The second-order valence-electron chi connectivity index (χ2n) is 5.70. The number of nitrogens with two attached hydrogens (primary N) is 1. The molecule has 1 aromatic carbocycles. The molecule has 114 valence electrons. The Labute approximate surface area is 128 Å². The zero-order chi connectivity index (χ0) is 15.7. The van der Waals surface area contributed by atoms with Crippen molar-refractivity contribution in [2.45, 2.75) is 40.0 Å². The van der Waals surface area contributed by atoms with Crippen LogP contribution >= 0.6 is 0 Å². The first-order chi connectivity index (χ1) is 10.0. The molecule has 0 heterocycles. The summed E-state index contributed by atoms with van der Waals surface area (Å²) in [5, 5.41) is 2.97. The Morgan fingerprint density at radius 1 is 1.33 bits per heavy atom. The van der Waals surface area contributed by atoms with E-state index in [-0.39, 0.29) is 5.91 Å². The number of rotatable bonds is 6. The topological polar surface area (TPSA) is 55.1 Å². The van der Waals surface area contributed by atoms with Crippen LogP contribution in [0.2, 0.25) is 0 Å². The molecule has 0 bridgehead atoms. The summed E-state index contributed by atoms with van der Waals surface area (Å²) < 4.78 is 0. The van der Waals surface area contributed by atoms with Crippen molar-refractivity contribution >= 4 is 5.91 Å². The van der Waals surface area contributed by atoms with Gasteiger partial charge in [-0.1, -0.05) is 44.6 Å². The monoisotopic (exact) mass is 286 g/mol. The van der Waals surface area contributed by atoms with E-state index in [1.54, 1.807) is 0 Å². The van der Waals surface area contributed by atoms with E-state index >= 15 is 0 Å². The molecule has 0 saturated heterocycles. The molecule has 0 spiro atoms. The zero-order valence-corrected chi connectivity index (χ0v) is 13.3. The minimum Gasteiger partial charge on any atom is -0.352 e. The van der Waals surface area contributed by atoms with Gasteiger partial charge in [-0.2, -0.15) is 0 Å². The molecule has 0 fully saturated rings. The molecule has 0 aliphatic carbocycles. The minimum atomic E-state index is -0.0548. The molecule has 3 nitrogen and oxygen atoms in total. The molecule has 1 amide bonds. The van der Waals surface area contributed by atoms with Crippen LogP contribution in [0, 0.1) is 24.7 Å². The summed E-state index contributed by atoms with van der Waals surface area (Å²) in [7, 11) is 0. The normalized spacial score (nSPS) is 10.1. The van der Waals surface area contributed by atoms with E-state index in [9.17, 15) is 4.79 Å². The van der Waals surface area contributed by atoms with Crippen molar-refractivity contribution in [2.75, 3.05) is 13.1 Å². The van der Waals surface area contributed by atoms with Gasteiger partial charge >= 0.3 is 0 Å². The Morgan fingerprint density at radius 2 is 2.10 bits per heavy atom. The lowest BCUT2D eigenvalue weighted by molar-refractivity contribution is 0.0952. The summed E-state index contributed by atoms with van der Waals surface area (Å²) in [5.74, 6) is 6.45. The van der Waals surface area contributed by atoms with Crippen molar-refractivity contribution in [3.05, 3.63) is 34.9 Å². The highest BCUT2D eigenvalue weighted by molar-refractivity contribution is 5.96. The summed E-state index contributed by atoms with van der Waals surface area (Å²) in [5.41, 5.74) is 7.87. The Morgan fingerprint density at radius 3 is 2.76 bits per heavy atom. The Balaban J connectivity index is 2.61. The molecule has 0 aliphatic rings. The fourth-order valence-corrected chi connectivity index (χ4v) is 2.08. The van der Waals surface area contributed by atoms with Gasteiger partial charge in [-0.3, -0.25) is 4.79 Å². The van der Waals surface area contributed by atoms with Crippen molar-refractivity contribution in [3.63, 3.8) is 0 Å². The molecular formula is C18H26N2O. The summed E-state index contributed by atoms with van der Waals surface area (Å²) in [6.07, 6.45) is 3.36. The Hall–Kier alpha value is -1.79. The van der Waals surface area contributed by atoms with Crippen molar-refractivity contribution in [2.24, 2.45) is 11.7 Å². The smallest absolute Gasteiger partial charge is 0.252 e. The van der Waals surface area contributed by atoms with Gasteiger partial charge < -0.3 is 11.1 Å². The van der Waals surface area contributed by atoms with Crippen LogP contribution in [0.4, 0.5) is 0 Å². The van der Waals surface area contributed by atoms with Gasteiger partial charge in [-0.05, 0) is 37.0 Å². The summed E-state index contributed by atoms with van der Waals surface area (Å²) in [6, 6.07) is 5.69. The maximum Gasteiger partial charge on any atom is 0.252 e. The van der Waals surface area contributed by atoms with E-state index in [0.717, 1.165) is 29.9 Å². The van der Waals surface area contributed by atoms with E-state index in [2.05, 4.69) is 31.0 Å². The van der Waals surface area contributed by atoms with Gasteiger partial charge in [-0.15, -0.1) is 0 Å². The third-order valence-corrected chi connectivity index (χ3v) is 3.24. The van der Waals surface area contributed by atoms with E-state index in [1.807, 2.05) is 25.1 Å². The molecule has 3 N–H and O–H groups in total. The molecule has 0 aromatic heterocycles. The molecule has 21 heavy (non-hydrogen) atoms. The number of aryl methyl sites for hydroxylation is 1. The molecule has 0 radical (unpaired) electrons. The van der Waals surface area contributed by atoms with Crippen LogP contribution < -0.4 is 11.1 Å². The largest absolute Gasteiger partial charge is 0.352 e. The SMILES string of the molecule is Cc1ccc(C(=O)NCCCCC(C)C)c(C#CCN)c1. The second kappa shape index (κ2) is 9.20. The predicted molar refractivity (Wildman–Crippen MR) is 88.1 cm³/mol. The molecule has 0 atom stereocenters. The maximum atomic E-state index is 12.2. The number of amides is 1. The third-order valence-electron chi connectivity index (χ3n) is 3.24. The predicted octanol–water partition coefficient (Wildman–Crippen LogP) is 2.86. The fraction of sp³-hybridized carbons (Fsp3) is 0.500. The van der Waals surface area contributed by atoms with Crippen LogP contribution in [0.1, 0.15) is 54.6 Å². The van der Waals surface area contributed by atoms with E-state index in [1.165, 1.54) is 6.42 Å². The summed E-state index contributed by atoms with van der Waals surface area (Å²) >= 11 is 0. The molecular weight excluding hydrogens is 260 g/mol. The van der Waals surface area contributed by atoms with Gasteiger partial charge in [0.15, 0.2) is 0 Å². The van der Waals surface area contributed by atoms with Gasteiger partial charge in [0, 0.05) is 12.1 Å². The first kappa shape index (κ1) is 17.3. The van der Waals surface area contributed by atoms with Crippen molar-refractivity contribution in [3.8, 4) is 11.8 Å². The van der Waals surface area contributed by atoms with Crippen molar-refractivity contribution in [1.29, 1.82) is 0 Å². The zero-order valence-electron chi connectivity index (χ0n) is 13.3. The number of unbranched alkanes of at least 4 members (excludes halogenated alkanes) is 1. The van der Waals surface area contributed by atoms with Gasteiger partial charge in [-0.25, -0.2) is 0 Å². The number of hydrogen-bond donors (Lipinski definition) is 2. The number of carbonyl (C=O) groups is 1. The lowest BCUT2D eigenvalue weighted by Gasteiger charge is -2.08. The summed E-state index contributed by atoms with van der Waals surface area (Å²) in [4.78, 5) is 12.2. The third kappa shape index (κ3) is 6.46. The average molecular weight is 286 g/mol. The van der Waals surface area contributed by atoms with Crippen LogP contribution in [0.5, 0.6) is 0 Å². The van der Waals surface area contributed by atoms with Gasteiger partial charge in [0.05, 0.1) is 12.1 Å². The van der Waals surface area contributed by atoms with Gasteiger partial charge in [0.25, 0.3) is 5.91 Å². The van der Waals surface area contributed by atoms with Crippen molar-refractivity contribution < 1.29 is 4.79 Å². The molecule has 0 aliphatic heterocycles. The highest BCUT2D eigenvalue weighted by Crippen LogP contribution is 2.11. The standard InChI is InChI=1S/C18H26N2O/c1-14(2)7-4-5-12-20-18(21)17-10-9-15(3)13-16(17)8-6-11-19/h9-10,13-14H,4-5,7,11-12,19H2,1-3H3,(H,20,21). The average Bonchev–Trinajstić information content (AvgIpc) is 2.44. The molecule has 0 unspecified atom stereocenters. The quantitative estimate of drug-likeness (QED) is 0.624. The van der Waals surface area contributed by atoms with Gasteiger partial charge in [0.2, 0.25) is 0 Å². The van der Waals surface area contributed by atoms with Crippen LogP contribution in [0.3, 0.4) is 0 Å². The second-order valence-corrected chi connectivity index (χ2v) is 5.70. The lowest BCUT2D eigenvalue weighted by atomic mass is 10.0. The van der Waals surface area contributed by atoms with E-state index < -0.39 is 0 Å². The van der Waals surface area contributed by atoms with Crippen LogP contribution in [-0.2, 0) is 0 Å². The van der Waals surface area contributed by atoms with Crippen molar-refractivity contribution in [1.82, 2.24) is 5.32 Å². The van der Waals surface area contributed by atoms with E-state index in [4.69, 9.17) is 5.73 Å². The highest BCUT2D eigenvalue weighted by Gasteiger charge is 2.09. The Bertz CT molecular complexity index is 524. The molecule has 1 aromatic rings. The molecule has 3 heteroatoms. The lowest BCUT2D eigenvalue weighted by Crippen LogP contribution is -2.25. The van der Waals surface area contributed by atoms with E-state index in [0.29, 0.717) is 18.7 Å². The Kier molecular flexibility index (Phi) is 7.56. The van der Waals surface area contributed by atoms with Crippen LogP contribution in [0.25, 0.3) is 0 Å². The first-order valence-electron chi connectivity index (χ1n) is 7.62. The molecule has 0 saturated carbocycles. The first-order valence-corrected chi connectivity index (χ1v) is 7.62. The minimum absolute atomic E-state index is 0.0548. The summed E-state index contributed by atoms with van der Waals surface area (Å²) in [6.45, 7) is 7.43. The number of carbonyl (C=O) groups excluding carboxylic acids is 1. The fourth-order valence-electron chi connectivity index (χ4n) is 2.08. The number of nitrogens with one attached hydrogen (secondary N) is 1. The molecule has 1 rings (SSSR count). The van der Waals surface area contributed by atoms with Crippen LogP contribution in [-0.4, -0.2) is 19.0 Å². The number of hydrogen-bond acceptors (Lipinski definition) is 2.